The molecule has 0 aliphatic carbocycles. The lowest BCUT2D eigenvalue weighted by Gasteiger charge is -2.07. The summed E-state index contributed by atoms with van der Waals surface area (Å²) in [7, 11) is -1.19. The number of rotatable bonds is 8. The molecule has 2 aromatic carbocycles. The van der Waals surface area contributed by atoms with Crippen LogP contribution in [-0.4, -0.2) is 17.4 Å². The average Bonchev–Trinajstić information content (AvgIpc) is 2.58. The van der Waals surface area contributed by atoms with Gasteiger partial charge in [-0.2, -0.15) is 0 Å². The molecule has 0 amide bonds. The minimum Gasteiger partial charge on any atom is -0.494 e. The summed E-state index contributed by atoms with van der Waals surface area (Å²) in [5.74, 6) is 1.62. The second-order valence-electron chi connectivity index (χ2n) is 4.91. The maximum Gasteiger partial charge on any atom is 0.119 e. The van der Waals surface area contributed by atoms with Crippen molar-refractivity contribution in [1.82, 2.24) is 0 Å². The van der Waals surface area contributed by atoms with Crippen LogP contribution in [0, 0.1) is 0 Å². The molecule has 0 bridgehead atoms. The topological polar surface area (TPSA) is 35.5 Å². The molecule has 0 aromatic heterocycles. The van der Waals surface area contributed by atoms with Crippen molar-refractivity contribution in [2.75, 3.05) is 13.2 Å². The van der Waals surface area contributed by atoms with E-state index in [1.165, 1.54) is 0 Å². The predicted molar refractivity (Wildman–Crippen MR) is 89.1 cm³/mol. The van der Waals surface area contributed by atoms with E-state index in [4.69, 9.17) is 9.47 Å². The largest absolute Gasteiger partial charge is 0.494 e. The molecule has 22 heavy (non-hydrogen) atoms. The van der Waals surface area contributed by atoms with Gasteiger partial charge in [0.1, 0.15) is 11.5 Å². The Bertz CT molecular complexity index is 537. The van der Waals surface area contributed by atoms with Gasteiger partial charge < -0.3 is 9.47 Å². The van der Waals surface area contributed by atoms with Gasteiger partial charge in [0.2, 0.25) is 0 Å². The highest BCUT2D eigenvalue weighted by Crippen LogP contribution is 2.22. The maximum absolute atomic E-state index is 12.5. The molecule has 0 N–H and O–H groups in total. The van der Waals surface area contributed by atoms with E-state index in [2.05, 4.69) is 13.8 Å². The van der Waals surface area contributed by atoms with Crippen LogP contribution in [0.4, 0.5) is 0 Å². The normalized spacial score (nSPS) is 10.7. The van der Waals surface area contributed by atoms with E-state index >= 15 is 0 Å². The van der Waals surface area contributed by atoms with Gasteiger partial charge in [0, 0.05) is 9.79 Å². The molecule has 0 fully saturated rings. The Morgan fingerprint density at radius 3 is 1.41 bits per heavy atom. The molecule has 0 saturated carbocycles. The zero-order chi connectivity index (χ0) is 15.8. The quantitative estimate of drug-likeness (QED) is 0.722. The Morgan fingerprint density at radius 1 is 0.727 bits per heavy atom. The van der Waals surface area contributed by atoms with Gasteiger partial charge in [-0.05, 0) is 61.4 Å². The summed E-state index contributed by atoms with van der Waals surface area (Å²) in [6, 6.07) is 14.9. The van der Waals surface area contributed by atoms with Crippen molar-refractivity contribution in [3.05, 3.63) is 48.5 Å². The van der Waals surface area contributed by atoms with Crippen LogP contribution in [-0.2, 0) is 10.8 Å². The monoisotopic (exact) mass is 318 g/mol. The molecule has 3 nitrogen and oxygen atoms in total. The molecule has 0 unspecified atom stereocenters. The average molecular weight is 318 g/mol. The maximum atomic E-state index is 12.5. The van der Waals surface area contributed by atoms with Crippen LogP contribution in [0.2, 0.25) is 0 Å². The van der Waals surface area contributed by atoms with E-state index in [1.54, 1.807) is 0 Å². The molecular weight excluding hydrogens is 296 g/mol. The van der Waals surface area contributed by atoms with E-state index in [0.29, 0.717) is 13.2 Å². The molecule has 118 valence electrons. The molecule has 0 saturated heterocycles. The Morgan fingerprint density at radius 2 is 1.09 bits per heavy atom. The molecule has 0 heterocycles. The molecule has 0 spiro atoms. The van der Waals surface area contributed by atoms with Gasteiger partial charge in [-0.3, -0.25) is 0 Å². The van der Waals surface area contributed by atoms with Crippen molar-refractivity contribution >= 4 is 10.8 Å². The molecule has 0 radical (unpaired) electrons. The highest BCUT2D eigenvalue weighted by molar-refractivity contribution is 7.85. The van der Waals surface area contributed by atoms with Gasteiger partial charge in [0.05, 0.1) is 24.0 Å². The zero-order valence-electron chi connectivity index (χ0n) is 13.1. The SMILES string of the molecule is CCCOc1ccc(S(=O)c2ccc(OCCC)cc2)cc1. The van der Waals surface area contributed by atoms with E-state index < -0.39 is 10.8 Å². The second-order valence-corrected chi connectivity index (χ2v) is 6.39. The summed E-state index contributed by atoms with van der Waals surface area (Å²) >= 11 is 0. The molecule has 2 rings (SSSR count). The van der Waals surface area contributed by atoms with Gasteiger partial charge in [0.25, 0.3) is 0 Å². The fourth-order valence-corrected chi connectivity index (χ4v) is 2.93. The van der Waals surface area contributed by atoms with Gasteiger partial charge in [-0.1, -0.05) is 13.8 Å². The van der Waals surface area contributed by atoms with Crippen molar-refractivity contribution in [2.45, 2.75) is 36.5 Å². The summed E-state index contributed by atoms with van der Waals surface area (Å²) in [5.41, 5.74) is 0. The van der Waals surface area contributed by atoms with Crippen LogP contribution in [0.25, 0.3) is 0 Å². The summed E-state index contributed by atoms with van der Waals surface area (Å²) in [6.07, 6.45) is 1.94. The molecular formula is C18H22O3S. The van der Waals surface area contributed by atoms with Crippen LogP contribution in [0.1, 0.15) is 26.7 Å². The Balaban J connectivity index is 2.04. The first-order chi connectivity index (χ1) is 10.7. The highest BCUT2D eigenvalue weighted by Gasteiger charge is 2.07. The van der Waals surface area contributed by atoms with E-state index in [1.807, 2.05) is 48.5 Å². The summed E-state index contributed by atoms with van der Waals surface area (Å²) in [5, 5.41) is 0. The third kappa shape index (κ3) is 4.60. The van der Waals surface area contributed by atoms with Crippen LogP contribution < -0.4 is 9.47 Å². The summed E-state index contributed by atoms with van der Waals surface area (Å²) < 4.78 is 23.6. The summed E-state index contributed by atoms with van der Waals surface area (Å²) in [6.45, 7) is 5.53. The first-order valence-electron chi connectivity index (χ1n) is 7.62. The van der Waals surface area contributed by atoms with Gasteiger partial charge >= 0.3 is 0 Å². The van der Waals surface area contributed by atoms with Crippen LogP contribution in [0.5, 0.6) is 11.5 Å². The lowest BCUT2D eigenvalue weighted by Crippen LogP contribution is -1.97. The van der Waals surface area contributed by atoms with Crippen molar-refractivity contribution < 1.29 is 13.7 Å². The molecule has 4 heteroatoms. The first kappa shape index (κ1) is 16.6. The number of ether oxygens (including phenoxy) is 2. The Hall–Kier alpha value is -1.81. The minimum atomic E-state index is -1.19. The molecule has 0 atom stereocenters. The summed E-state index contributed by atoms with van der Waals surface area (Å²) in [4.78, 5) is 1.54. The number of hydrogen-bond donors (Lipinski definition) is 0. The van der Waals surface area contributed by atoms with Gasteiger partial charge in [-0.25, -0.2) is 4.21 Å². The van der Waals surface area contributed by atoms with Crippen LogP contribution in [0.15, 0.2) is 58.3 Å². The standard InChI is InChI=1S/C18H22O3S/c1-3-13-20-15-5-9-17(10-6-15)22(19)18-11-7-16(8-12-18)21-14-4-2/h5-12H,3-4,13-14H2,1-2H3. The number of hydrogen-bond acceptors (Lipinski definition) is 3. The zero-order valence-corrected chi connectivity index (χ0v) is 13.9. The highest BCUT2D eigenvalue weighted by atomic mass is 32.2. The van der Waals surface area contributed by atoms with Crippen LogP contribution in [0.3, 0.4) is 0 Å². The van der Waals surface area contributed by atoms with Crippen LogP contribution >= 0.6 is 0 Å². The third-order valence-electron chi connectivity index (χ3n) is 3.02. The van der Waals surface area contributed by atoms with Crippen molar-refractivity contribution in [2.24, 2.45) is 0 Å². The lowest BCUT2D eigenvalue weighted by atomic mass is 10.3. The fraction of sp³-hybridized carbons (Fsp3) is 0.333. The van der Waals surface area contributed by atoms with Gasteiger partial charge in [-0.15, -0.1) is 0 Å². The van der Waals surface area contributed by atoms with Gasteiger partial charge in [0.15, 0.2) is 0 Å². The van der Waals surface area contributed by atoms with Crippen molar-refractivity contribution in [3.8, 4) is 11.5 Å². The number of benzene rings is 2. The van der Waals surface area contributed by atoms with E-state index in [-0.39, 0.29) is 0 Å². The Labute approximate surface area is 134 Å². The molecule has 2 aromatic rings. The van der Waals surface area contributed by atoms with E-state index in [0.717, 1.165) is 34.1 Å². The second kappa shape index (κ2) is 8.59. The minimum absolute atomic E-state index is 0.696. The third-order valence-corrected chi connectivity index (χ3v) is 4.42. The van der Waals surface area contributed by atoms with Crippen molar-refractivity contribution in [3.63, 3.8) is 0 Å². The Kier molecular flexibility index (Phi) is 6.46. The molecule has 0 aliphatic heterocycles. The first-order valence-corrected chi connectivity index (χ1v) is 8.77. The lowest BCUT2D eigenvalue weighted by molar-refractivity contribution is 0.317. The fourth-order valence-electron chi connectivity index (χ4n) is 1.89. The predicted octanol–water partition coefficient (Wildman–Crippen LogP) is 4.43. The van der Waals surface area contributed by atoms with E-state index in [9.17, 15) is 4.21 Å². The smallest absolute Gasteiger partial charge is 0.119 e. The molecule has 0 aliphatic rings. The van der Waals surface area contributed by atoms with Crippen molar-refractivity contribution in [1.29, 1.82) is 0 Å².